The molecule has 2 aromatic carbocycles. The molecule has 0 unspecified atom stereocenters. The molecule has 0 radical (unpaired) electrons. The van der Waals surface area contributed by atoms with Gasteiger partial charge in [0, 0.05) is 5.69 Å². The largest absolute Gasteiger partial charge is 0.461 e. The lowest BCUT2D eigenvalue weighted by atomic mass is 10.1. The molecule has 3 nitrogen and oxygen atoms in total. The van der Waals surface area contributed by atoms with Crippen LogP contribution in [0.3, 0.4) is 0 Å². The molecule has 0 atom stereocenters. The second-order valence-corrected chi connectivity index (χ2v) is 4.51. The van der Waals surface area contributed by atoms with Crippen LogP contribution in [0.2, 0.25) is 0 Å². The van der Waals surface area contributed by atoms with Crippen molar-refractivity contribution in [2.45, 2.75) is 20.0 Å². The fraction of sp³-hybridized carbons (Fsp3) is 0.188. The first-order valence-electron chi connectivity index (χ1n) is 6.19. The van der Waals surface area contributed by atoms with Crippen LogP contribution in [0.1, 0.15) is 16.7 Å². The predicted octanol–water partition coefficient (Wildman–Crippen LogP) is 2.86. The number of rotatable bonds is 4. The van der Waals surface area contributed by atoms with E-state index in [-0.39, 0.29) is 12.4 Å². The van der Waals surface area contributed by atoms with Crippen LogP contribution in [-0.4, -0.2) is 5.97 Å². The van der Waals surface area contributed by atoms with Crippen molar-refractivity contribution in [1.29, 1.82) is 0 Å². The number of hydrogen-bond donors (Lipinski definition) is 1. The number of nitrogen functional groups attached to an aromatic ring is 1. The molecule has 2 aromatic rings. The van der Waals surface area contributed by atoms with E-state index in [2.05, 4.69) is 0 Å². The molecule has 0 fully saturated rings. The van der Waals surface area contributed by atoms with Crippen LogP contribution in [-0.2, 0) is 22.6 Å². The maximum Gasteiger partial charge on any atom is 0.310 e. The van der Waals surface area contributed by atoms with Gasteiger partial charge in [-0.2, -0.15) is 0 Å². The second kappa shape index (κ2) is 6.05. The number of benzene rings is 2. The van der Waals surface area contributed by atoms with Crippen molar-refractivity contribution in [1.82, 2.24) is 0 Å². The maximum absolute atomic E-state index is 11.7. The Morgan fingerprint density at radius 3 is 2.68 bits per heavy atom. The summed E-state index contributed by atoms with van der Waals surface area (Å²) in [5.74, 6) is -0.242. The van der Waals surface area contributed by atoms with E-state index in [1.54, 1.807) is 12.1 Å². The normalized spacial score (nSPS) is 10.2. The molecule has 0 aromatic heterocycles. The SMILES string of the molecule is Cc1ccccc1COC(=O)Cc1cccc(N)c1. The Kier molecular flexibility index (Phi) is 4.18. The number of esters is 1. The Bertz CT molecular complexity index is 578. The van der Waals surface area contributed by atoms with Gasteiger partial charge in [-0.3, -0.25) is 4.79 Å². The summed E-state index contributed by atoms with van der Waals surface area (Å²) in [5.41, 5.74) is 9.35. The predicted molar refractivity (Wildman–Crippen MR) is 75.5 cm³/mol. The van der Waals surface area contributed by atoms with Gasteiger partial charge in [0.15, 0.2) is 0 Å². The molecule has 0 amide bonds. The molecule has 0 aliphatic heterocycles. The first kappa shape index (κ1) is 13.1. The lowest BCUT2D eigenvalue weighted by Crippen LogP contribution is -2.08. The van der Waals surface area contributed by atoms with Crippen LogP contribution in [0.4, 0.5) is 5.69 Å². The van der Waals surface area contributed by atoms with Gasteiger partial charge in [0.1, 0.15) is 6.61 Å². The second-order valence-electron chi connectivity index (χ2n) is 4.51. The molecule has 2 N–H and O–H groups in total. The molecule has 0 heterocycles. The van der Waals surface area contributed by atoms with Crippen LogP contribution in [0, 0.1) is 6.92 Å². The number of carbonyl (C=O) groups excluding carboxylic acids is 1. The van der Waals surface area contributed by atoms with E-state index in [1.165, 1.54) is 0 Å². The Balaban J connectivity index is 1.90. The molecule has 0 aliphatic carbocycles. The zero-order valence-electron chi connectivity index (χ0n) is 10.9. The Labute approximate surface area is 113 Å². The average molecular weight is 255 g/mol. The molecule has 2 rings (SSSR count). The molecule has 0 bridgehead atoms. The van der Waals surface area contributed by atoms with Crippen molar-refractivity contribution in [2.24, 2.45) is 0 Å². The van der Waals surface area contributed by atoms with Gasteiger partial charge in [0.05, 0.1) is 6.42 Å². The van der Waals surface area contributed by atoms with E-state index in [9.17, 15) is 4.79 Å². The van der Waals surface area contributed by atoms with Crippen LogP contribution in [0.5, 0.6) is 0 Å². The van der Waals surface area contributed by atoms with Gasteiger partial charge in [0.25, 0.3) is 0 Å². The van der Waals surface area contributed by atoms with E-state index < -0.39 is 0 Å². The third kappa shape index (κ3) is 3.85. The van der Waals surface area contributed by atoms with Crippen molar-refractivity contribution in [3.05, 3.63) is 65.2 Å². The summed E-state index contributed by atoms with van der Waals surface area (Å²) in [7, 11) is 0. The zero-order valence-corrected chi connectivity index (χ0v) is 10.9. The van der Waals surface area contributed by atoms with Gasteiger partial charge < -0.3 is 10.5 Å². The minimum absolute atomic E-state index is 0.242. The van der Waals surface area contributed by atoms with E-state index >= 15 is 0 Å². The Morgan fingerprint density at radius 1 is 1.16 bits per heavy atom. The van der Waals surface area contributed by atoms with Crippen molar-refractivity contribution in [3.63, 3.8) is 0 Å². The molecule has 0 spiro atoms. The quantitative estimate of drug-likeness (QED) is 0.675. The molecular formula is C16H17NO2. The van der Waals surface area contributed by atoms with Gasteiger partial charge >= 0.3 is 5.97 Å². The molecule has 19 heavy (non-hydrogen) atoms. The number of ether oxygens (including phenoxy) is 1. The number of nitrogens with two attached hydrogens (primary N) is 1. The molecule has 0 aliphatic rings. The Hall–Kier alpha value is -2.29. The van der Waals surface area contributed by atoms with Crippen molar-refractivity contribution < 1.29 is 9.53 Å². The first-order chi connectivity index (χ1) is 9.15. The highest BCUT2D eigenvalue weighted by Gasteiger charge is 2.06. The lowest BCUT2D eigenvalue weighted by molar-refractivity contribution is -0.144. The van der Waals surface area contributed by atoms with Crippen LogP contribution in [0.25, 0.3) is 0 Å². The number of anilines is 1. The summed E-state index contributed by atoms with van der Waals surface area (Å²) in [6.45, 7) is 2.31. The summed E-state index contributed by atoms with van der Waals surface area (Å²) in [5, 5.41) is 0. The topological polar surface area (TPSA) is 52.3 Å². The summed E-state index contributed by atoms with van der Waals surface area (Å²) in [4.78, 5) is 11.7. The summed E-state index contributed by atoms with van der Waals surface area (Å²) < 4.78 is 5.27. The minimum Gasteiger partial charge on any atom is -0.461 e. The minimum atomic E-state index is -0.242. The monoisotopic (exact) mass is 255 g/mol. The van der Waals surface area contributed by atoms with Gasteiger partial charge in [-0.1, -0.05) is 36.4 Å². The summed E-state index contributed by atoms with van der Waals surface area (Å²) >= 11 is 0. The van der Waals surface area contributed by atoms with Crippen molar-refractivity contribution in [3.8, 4) is 0 Å². The Morgan fingerprint density at radius 2 is 1.95 bits per heavy atom. The number of aryl methyl sites for hydroxylation is 1. The zero-order chi connectivity index (χ0) is 13.7. The first-order valence-corrected chi connectivity index (χ1v) is 6.19. The van der Waals surface area contributed by atoms with Gasteiger partial charge in [-0.15, -0.1) is 0 Å². The molecule has 0 saturated carbocycles. The van der Waals surface area contributed by atoms with E-state index in [1.807, 2.05) is 43.3 Å². The van der Waals surface area contributed by atoms with Crippen molar-refractivity contribution >= 4 is 11.7 Å². The van der Waals surface area contributed by atoms with E-state index in [4.69, 9.17) is 10.5 Å². The van der Waals surface area contributed by atoms with E-state index in [0.29, 0.717) is 12.3 Å². The summed E-state index contributed by atoms with van der Waals surface area (Å²) in [6.07, 6.45) is 0.247. The van der Waals surface area contributed by atoms with Gasteiger partial charge in [-0.25, -0.2) is 0 Å². The lowest BCUT2D eigenvalue weighted by Gasteiger charge is -2.07. The smallest absolute Gasteiger partial charge is 0.310 e. The summed E-state index contributed by atoms with van der Waals surface area (Å²) in [6, 6.07) is 15.1. The van der Waals surface area contributed by atoms with Crippen LogP contribution >= 0.6 is 0 Å². The highest BCUT2D eigenvalue weighted by molar-refractivity contribution is 5.73. The third-order valence-electron chi connectivity index (χ3n) is 2.95. The maximum atomic E-state index is 11.7. The molecular weight excluding hydrogens is 238 g/mol. The fourth-order valence-electron chi connectivity index (χ4n) is 1.85. The number of hydrogen-bond acceptors (Lipinski definition) is 3. The van der Waals surface area contributed by atoms with Crippen molar-refractivity contribution in [2.75, 3.05) is 5.73 Å². The highest BCUT2D eigenvalue weighted by atomic mass is 16.5. The van der Waals surface area contributed by atoms with Gasteiger partial charge in [-0.05, 0) is 35.7 Å². The molecule has 98 valence electrons. The average Bonchev–Trinajstić information content (AvgIpc) is 2.38. The van der Waals surface area contributed by atoms with E-state index in [0.717, 1.165) is 16.7 Å². The fourth-order valence-corrected chi connectivity index (χ4v) is 1.85. The highest BCUT2D eigenvalue weighted by Crippen LogP contribution is 2.11. The molecule has 0 saturated heterocycles. The van der Waals surface area contributed by atoms with Crippen LogP contribution < -0.4 is 5.73 Å². The van der Waals surface area contributed by atoms with Crippen LogP contribution in [0.15, 0.2) is 48.5 Å². The standard InChI is InChI=1S/C16H17NO2/c1-12-5-2-3-7-14(12)11-19-16(18)10-13-6-4-8-15(17)9-13/h2-9H,10-11,17H2,1H3. The number of carbonyl (C=O) groups is 1. The third-order valence-corrected chi connectivity index (χ3v) is 2.95. The van der Waals surface area contributed by atoms with Gasteiger partial charge in [0.2, 0.25) is 0 Å². The molecule has 3 heteroatoms.